The highest BCUT2D eigenvalue weighted by Gasteiger charge is 2.51. The molecule has 0 saturated heterocycles. The first-order chi connectivity index (χ1) is 11.9. The Morgan fingerprint density at radius 2 is 1.69 bits per heavy atom. The van der Waals surface area contributed by atoms with Crippen LogP contribution in [0.15, 0.2) is 33.1 Å². The number of rotatable bonds is 3. The van der Waals surface area contributed by atoms with E-state index in [2.05, 4.69) is 15.5 Å². The molecule has 0 amide bonds. The smallest absolute Gasteiger partial charge is 0.371 e. The van der Waals surface area contributed by atoms with Crippen LogP contribution in [0.5, 0.6) is 0 Å². The van der Waals surface area contributed by atoms with Gasteiger partial charge >= 0.3 is 11.7 Å². The molecule has 26 heavy (non-hydrogen) atoms. The molecule has 0 aliphatic carbocycles. The van der Waals surface area contributed by atoms with Crippen LogP contribution < -0.4 is 5.32 Å². The molecular weight excluding hydrogens is 429 g/mol. The Kier molecular flexibility index (Phi) is 5.43. The fourth-order valence-electron chi connectivity index (χ4n) is 2.16. The minimum atomic E-state index is -4.82. The molecule has 0 spiro atoms. The molecule has 140 valence electrons. The van der Waals surface area contributed by atoms with Crippen molar-refractivity contribution in [3.8, 4) is 6.07 Å². The summed E-state index contributed by atoms with van der Waals surface area (Å²) in [5.74, 6) is -0.374. The van der Waals surface area contributed by atoms with Gasteiger partial charge in [0, 0.05) is 22.7 Å². The molecule has 0 fully saturated rings. The second kappa shape index (κ2) is 6.83. The van der Waals surface area contributed by atoms with E-state index in [0.29, 0.717) is 12.1 Å². The molecule has 4 nitrogen and oxygen atoms in total. The normalized spacial score (nSPS) is 20.5. The summed E-state index contributed by atoms with van der Waals surface area (Å²) in [5.41, 5.74) is -8.99. The van der Waals surface area contributed by atoms with Crippen LogP contribution in [0, 0.1) is 11.3 Å². The number of benzene rings is 1. The van der Waals surface area contributed by atoms with Gasteiger partial charge in [0.15, 0.2) is 5.82 Å². The van der Waals surface area contributed by atoms with Gasteiger partial charge in [-0.25, -0.2) is 0 Å². The van der Waals surface area contributed by atoms with Crippen LogP contribution in [0.25, 0.3) is 0 Å². The van der Waals surface area contributed by atoms with Crippen molar-refractivity contribution >= 4 is 35.0 Å². The van der Waals surface area contributed by atoms with Crippen molar-refractivity contribution in [2.45, 2.75) is 17.2 Å². The molecule has 1 aliphatic rings. The summed E-state index contributed by atoms with van der Waals surface area (Å²) in [5, 5.41) is 17.6. The molecule has 1 N–H and O–H groups in total. The maximum Gasteiger partial charge on any atom is 0.446 e. The number of nitrogens with one attached hydrogen (secondary N) is 1. The molecule has 0 radical (unpaired) electrons. The lowest BCUT2D eigenvalue weighted by atomic mass is 9.91. The van der Waals surface area contributed by atoms with E-state index in [1.807, 2.05) is 0 Å². The zero-order valence-corrected chi connectivity index (χ0v) is 14.8. The number of hydrogen-bond acceptors (Lipinski definition) is 5. The summed E-state index contributed by atoms with van der Waals surface area (Å²) in [4.78, 5) is -0.696. The molecular formula is C13H6Cl2F6N4S. The Balaban J connectivity index is 2.74. The molecule has 2 rings (SSSR count). The van der Waals surface area contributed by atoms with Gasteiger partial charge in [-0.2, -0.15) is 36.7 Å². The summed E-state index contributed by atoms with van der Waals surface area (Å²) >= 11 is 11.0. The first kappa shape index (κ1) is 20.7. The Morgan fingerprint density at radius 3 is 2.08 bits per heavy atom. The van der Waals surface area contributed by atoms with Crippen molar-refractivity contribution in [3.05, 3.63) is 44.0 Å². The van der Waals surface area contributed by atoms with Crippen LogP contribution in [0.4, 0.5) is 26.3 Å². The molecule has 13 heteroatoms. The van der Waals surface area contributed by atoms with Crippen molar-refractivity contribution in [3.63, 3.8) is 0 Å². The second-order valence-electron chi connectivity index (χ2n) is 4.81. The van der Waals surface area contributed by atoms with Gasteiger partial charge in [-0.3, -0.25) is 0 Å². The fourth-order valence-corrected chi connectivity index (χ4v) is 3.73. The van der Waals surface area contributed by atoms with Gasteiger partial charge in [-0.1, -0.05) is 23.2 Å². The Bertz CT molecular complexity index is 820. The van der Waals surface area contributed by atoms with Crippen LogP contribution in [0.3, 0.4) is 0 Å². The van der Waals surface area contributed by atoms with E-state index >= 15 is 0 Å². The molecule has 1 atom stereocenters. The van der Waals surface area contributed by atoms with E-state index in [4.69, 9.17) is 23.2 Å². The molecule has 0 bridgehead atoms. The number of nitriles is 1. The standard InChI is InChI=1S/C13H6Cl2F6N4S/c1-23-10-9(26-13(19,20)21)11(4-22,25-24-10)8-6(14)2-5(3-7(8)15)12(16,17)18/h2-3,23H,1H3. The number of azo groups is 1. The highest BCUT2D eigenvalue weighted by molar-refractivity contribution is 8.04. The summed E-state index contributed by atoms with van der Waals surface area (Å²) in [6.45, 7) is 0. The van der Waals surface area contributed by atoms with Crippen molar-refractivity contribution in [2.75, 3.05) is 7.05 Å². The predicted molar refractivity (Wildman–Crippen MR) is 83.3 cm³/mol. The van der Waals surface area contributed by atoms with Gasteiger partial charge in [-0.05, 0) is 23.9 Å². The van der Waals surface area contributed by atoms with Gasteiger partial charge in [0.2, 0.25) is 5.54 Å². The zero-order valence-electron chi connectivity index (χ0n) is 12.4. The minimum absolute atomic E-state index is 0.374. The van der Waals surface area contributed by atoms with Crippen molar-refractivity contribution in [2.24, 2.45) is 10.2 Å². The molecule has 1 unspecified atom stereocenters. The lowest BCUT2D eigenvalue weighted by molar-refractivity contribution is -0.137. The SMILES string of the molecule is CNC1=C(SC(F)(F)F)C(C#N)(c2c(Cl)cc(C(F)(F)F)cc2Cl)N=N1. The summed E-state index contributed by atoms with van der Waals surface area (Å²) < 4.78 is 77.3. The monoisotopic (exact) mass is 434 g/mol. The van der Waals surface area contributed by atoms with Crippen LogP contribution in [-0.2, 0) is 11.7 Å². The van der Waals surface area contributed by atoms with E-state index in [-0.39, 0.29) is 5.82 Å². The van der Waals surface area contributed by atoms with Gasteiger partial charge in [0.05, 0.1) is 10.5 Å². The highest BCUT2D eigenvalue weighted by Crippen LogP contribution is 2.54. The quantitative estimate of drug-likeness (QED) is 0.608. The third-order valence-electron chi connectivity index (χ3n) is 3.19. The van der Waals surface area contributed by atoms with E-state index < -0.39 is 55.1 Å². The fraction of sp³-hybridized carbons (Fsp3) is 0.308. The van der Waals surface area contributed by atoms with Gasteiger partial charge in [0.1, 0.15) is 6.07 Å². The lowest BCUT2D eigenvalue weighted by Crippen LogP contribution is -2.25. The van der Waals surface area contributed by atoms with Crippen LogP contribution in [-0.4, -0.2) is 12.6 Å². The van der Waals surface area contributed by atoms with E-state index in [9.17, 15) is 31.6 Å². The van der Waals surface area contributed by atoms with Crippen LogP contribution in [0.1, 0.15) is 11.1 Å². The van der Waals surface area contributed by atoms with Gasteiger partial charge in [0.25, 0.3) is 0 Å². The number of halogens is 8. The Morgan fingerprint density at radius 1 is 1.15 bits per heavy atom. The van der Waals surface area contributed by atoms with E-state index in [1.165, 1.54) is 7.05 Å². The lowest BCUT2D eigenvalue weighted by Gasteiger charge is -2.24. The summed E-state index contributed by atoms with van der Waals surface area (Å²) in [6.07, 6.45) is -4.79. The highest BCUT2D eigenvalue weighted by atomic mass is 35.5. The predicted octanol–water partition coefficient (Wildman–Crippen LogP) is 5.84. The Labute approximate surface area is 156 Å². The van der Waals surface area contributed by atoms with E-state index in [1.54, 1.807) is 6.07 Å². The number of alkyl halides is 6. The largest absolute Gasteiger partial charge is 0.446 e. The average molecular weight is 435 g/mol. The van der Waals surface area contributed by atoms with Crippen molar-refractivity contribution in [1.29, 1.82) is 5.26 Å². The van der Waals surface area contributed by atoms with Crippen molar-refractivity contribution in [1.82, 2.24) is 5.32 Å². The first-order valence-corrected chi connectivity index (χ1v) is 8.02. The van der Waals surface area contributed by atoms with E-state index in [0.717, 1.165) is 0 Å². The van der Waals surface area contributed by atoms with Crippen molar-refractivity contribution < 1.29 is 26.3 Å². The summed E-state index contributed by atoms with van der Waals surface area (Å²) in [6, 6.07) is 2.47. The third kappa shape index (κ3) is 3.72. The second-order valence-corrected chi connectivity index (χ2v) is 6.70. The maximum atomic E-state index is 12.9. The number of hydrogen-bond donors (Lipinski definition) is 1. The number of nitrogens with zero attached hydrogens (tertiary/aromatic N) is 3. The average Bonchev–Trinajstić information content (AvgIpc) is 2.82. The maximum absolute atomic E-state index is 12.9. The number of thioether (sulfide) groups is 1. The molecule has 1 aromatic carbocycles. The molecule has 0 aromatic heterocycles. The molecule has 0 saturated carbocycles. The molecule has 1 heterocycles. The molecule has 1 aromatic rings. The first-order valence-electron chi connectivity index (χ1n) is 6.45. The summed E-state index contributed by atoms with van der Waals surface area (Å²) in [7, 11) is 1.24. The van der Waals surface area contributed by atoms with Crippen LogP contribution >= 0.6 is 35.0 Å². The Hall–Kier alpha value is -1.64. The van der Waals surface area contributed by atoms with Crippen LogP contribution in [0.2, 0.25) is 10.0 Å². The van der Waals surface area contributed by atoms with Gasteiger partial charge in [-0.15, -0.1) is 5.11 Å². The van der Waals surface area contributed by atoms with Gasteiger partial charge < -0.3 is 5.32 Å². The topological polar surface area (TPSA) is 60.5 Å². The minimum Gasteiger partial charge on any atom is -0.371 e. The molecule has 1 aliphatic heterocycles. The zero-order chi connectivity index (χ0) is 19.9. The third-order valence-corrected chi connectivity index (χ3v) is 4.71.